The molecule has 1 saturated heterocycles. The highest BCUT2D eigenvalue weighted by molar-refractivity contribution is 5.76. The van der Waals surface area contributed by atoms with Crippen molar-refractivity contribution in [1.29, 1.82) is 0 Å². The van der Waals surface area contributed by atoms with Gasteiger partial charge in [-0.25, -0.2) is 9.18 Å². The number of hydrogen-bond acceptors (Lipinski definition) is 3. The summed E-state index contributed by atoms with van der Waals surface area (Å²) in [4.78, 5) is 30.1. The number of carbonyl (C=O) groups is 2. The Balaban J connectivity index is 1.40. The van der Waals surface area contributed by atoms with Crippen molar-refractivity contribution in [3.05, 3.63) is 70.0 Å². The van der Waals surface area contributed by atoms with Crippen LogP contribution in [0.25, 0.3) is 0 Å². The van der Waals surface area contributed by atoms with Crippen molar-refractivity contribution in [3.63, 3.8) is 0 Å². The van der Waals surface area contributed by atoms with Crippen molar-refractivity contribution in [2.75, 3.05) is 33.2 Å². The van der Waals surface area contributed by atoms with E-state index in [1.54, 1.807) is 13.0 Å². The number of benzene rings is 2. The van der Waals surface area contributed by atoms with Gasteiger partial charge in [0.25, 0.3) is 0 Å². The minimum Gasteiger partial charge on any atom is -0.481 e. The summed E-state index contributed by atoms with van der Waals surface area (Å²) >= 11 is 0. The molecule has 1 aliphatic heterocycles. The van der Waals surface area contributed by atoms with Gasteiger partial charge in [0.05, 0.1) is 29.1 Å². The summed E-state index contributed by atoms with van der Waals surface area (Å²) in [5.41, 5.74) is -2.05. The molecule has 2 aliphatic carbocycles. The maximum atomic E-state index is 14.0. The molecular formula is C30H32F7N3O3. The maximum Gasteiger partial charge on any atom is 0.416 e. The lowest BCUT2D eigenvalue weighted by atomic mass is 9.74. The van der Waals surface area contributed by atoms with Crippen LogP contribution in [0.5, 0.6) is 0 Å². The van der Waals surface area contributed by atoms with E-state index in [1.807, 2.05) is 0 Å². The fraction of sp³-hybridized carbons (Fsp3) is 0.533. The normalized spacial score (nSPS) is 26.4. The van der Waals surface area contributed by atoms with E-state index in [4.69, 9.17) is 0 Å². The highest BCUT2D eigenvalue weighted by atomic mass is 19.4. The van der Waals surface area contributed by atoms with Gasteiger partial charge in [-0.2, -0.15) is 26.3 Å². The molecule has 13 heteroatoms. The Hall–Kier alpha value is -3.35. The van der Waals surface area contributed by atoms with Crippen LogP contribution in [0, 0.1) is 30.0 Å². The van der Waals surface area contributed by atoms with Crippen molar-refractivity contribution >= 4 is 12.0 Å². The molecule has 1 N–H and O–H groups in total. The third kappa shape index (κ3) is 5.92. The molecule has 234 valence electrons. The standard InChI is InChI=1S/C30H32F7N3O3/c1-16-8-21(31)4-5-22(16)25-14-39(15-28-12-23(26(41)42)24(28)13-28)6-7-40(25)27(43)38(3)17(2)18-9-19(29(32,33)34)11-20(10-18)30(35,36)37/h4-5,8-11,17,23-25H,6-7,12-15H2,1-3H3,(H,41,42)/t17-,23-,24?,25-,28?/m1/s1. The van der Waals surface area contributed by atoms with Crippen molar-refractivity contribution in [2.24, 2.45) is 17.3 Å². The zero-order valence-corrected chi connectivity index (χ0v) is 23.8. The van der Waals surface area contributed by atoms with Crippen LogP contribution in [0.1, 0.15) is 59.7 Å². The summed E-state index contributed by atoms with van der Waals surface area (Å²) in [5, 5.41) is 9.37. The van der Waals surface area contributed by atoms with E-state index in [9.17, 15) is 45.4 Å². The number of aliphatic carboxylic acids is 1. The lowest BCUT2D eigenvalue weighted by molar-refractivity contribution is -0.147. The first-order valence-corrected chi connectivity index (χ1v) is 14.0. The number of carboxylic acid groups (broad SMARTS) is 1. The Kier molecular flexibility index (Phi) is 7.72. The van der Waals surface area contributed by atoms with E-state index in [1.165, 1.54) is 31.0 Å². The zero-order valence-electron chi connectivity index (χ0n) is 23.8. The molecule has 2 unspecified atom stereocenters. The number of carbonyl (C=O) groups excluding carboxylic acids is 1. The van der Waals surface area contributed by atoms with Gasteiger partial charge < -0.3 is 14.9 Å². The molecule has 0 spiro atoms. The molecule has 6 nitrogen and oxygen atoms in total. The van der Waals surface area contributed by atoms with Crippen molar-refractivity contribution in [2.45, 2.75) is 51.1 Å². The van der Waals surface area contributed by atoms with E-state index >= 15 is 0 Å². The molecule has 0 aromatic heterocycles. The predicted octanol–water partition coefficient (Wildman–Crippen LogP) is 6.75. The minimum absolute atomic E-state index is 0.0509. The molecule has 3 aliphatic rings. The number of hydrogen-bond donors (Lipinski definition) is 1. The van der Waals surface area contributed by atoms with Crippen LogP contribution in [0.2, 0.25) is 0 Å². The number of halogens is 7. The summed E-state index contributed by atoms with van der Waals surface area (Å²) in [6.07, 6.45) is -8.64. The highest BCUT2D eigenvalue weighted by Gasteiger charge is 2.69. The molecule has 2 aromatic carbocycles. The minimum atomic E-state index is -5.02. The molecule has 0 bridgehead atoms. The lowest BCUT2D eigenvalue weighted by Crippen LogP contribution is -2.55. The molecule has 2 aromatic rings. The van der Waals surface area contributed by atoms with Gasteiger partial charge in [0.15, 0.2) is 0 Å². The fourth-order valence-corrected chi connectivity index (χ4v) is 6.86. The summed E-state index contributed by atoms with van der Waals surface area (Å²) < 4.78 is 94.9. The van der Waals surface area contributed by atoms with Crippen LogP contribution >= 0.6 is 0 Å². The van der Waals surface area contributed by atoms with E-state index in [0.717, 1.165) is 11.3 Å². The van der Waals surface area contributed by atoms with Gasteiger partial charge in [0.2, 0.25) is 0 Å². The second-order valence-electron chi connectivity index (χ2n) is 12.2. The quantitative estimate of drug-likeness (QED) is 0.365. The first-order chi connectivity index (χ1) is 19.9. The number of urea groups is 1. The molecule has 5 atom stereocenters. The molecule has 2 saturated carbocycles. The van der Waals surface area contributed by atoms with Crippen LogP contribution < -0.4 is 0 Å². The van der Waals surface area contributed by atoms with E-state index < -0.39 is 53.4 Å². The summed E-state index contributed by atoms with van der Waals surface area (Å²) in [7, 11) is 1.33. The molecule has 43 heavy (non-hydrogen) atoms. The van der Waals surface area contributed by atoms with Crippen LogP contribution in [0.3, 0.4) is 0 Å². The SMILES string of the molecule is Cc1cc(F)ccc1[C@H]1CN(CC23CC2[C@H](C(=O)O)C3)CCN1C(=O)N(C)[C@H](C)c1cc(C(F)(F)F)cc(C(F)(F)F)c1. The van der Waals surface area contributed by atoms with E-state index in [0.29, 0.717) is 49.3 Å². The van der Waals surface area contributed by atoms with Crippen LogP contribution in [0.4, 0.5) is 35.5 Å². The second-order valence-corrected chi connectivity index (χ2v) is 12.2. The van der Waals surface area contributed by atoms with Gasteiger partial charge in [-0.15, -0.1) is 0 Å². The Labute approximate surface area is 244 Å². The fourth-order valence-electron chi connectivity index (χ4n) is 6.86. The Morgan fingerprint density at radius 2 is 1.65 bits per heavy atom. The molecule has 1 heterocycles. The Morgan fingerprint density at radius 1 is 1.02 bits per heavy atom. The average Bonchev–Trinajstić information content (AvgIpc) is 3.47. The van der Waals surface area contributed by atoms with Gasteiger partial charge in [-0.1, -0.05) is 6.07 Å². The Morgan fingerprint density at radius 3 is 2.19 bits per heavy atom. The van der Waals surface area contributed by atoms with Gasteiger partial charge in [0, 0.05) is 33.2 Å². The van der Waals surface area contributed by atoms with Gasteiger partial charge in [0.1, 0.15) is 5.82 Å². The molecular weight excluding hydrogens is 583 g/mol. The smallest absolute Gasteiger partial charge is 0.416 e. The number of aryl methyl sites for hydroxylation is 1. The van der Waals surface area contributed by atoms with Crippen LogP contribution in [0.15, 0.2) is 36.4 Å². The number of carboxylic acids is 1. The topological polar surface area (TPSA) is 64.1 Å². The van der Waals surface area contributed by atoms with Crippen molar-refractivity contribution in [1.82, 2.24) is 14.7 Å². The van der Waals surface area contributed by atoms with Crippen molar-refractivity contribution < 1.29 is 45.4 Å². The third-order valence-electron chi connectivity index (χ3n) is 9.50. The summed E-state index contributed by atoms with van der Waals surface area (Å²) in [6, 6.07) is 3.17. The maximum absolute atomic E-state index is 14.0. The Bertz CT molecular complexity index is 1400. The average molecular weight is 616 g/mol. The van der Waals surface area contributed by atoms with Crippen LogP contribution in [-0.4, -0.2) is 65.0 Å². The summed E-state index contributed by atoms with van der Waals surface area (Å²) in [5.74, 6) is -1.48. The number of amides is 2. The zero-order chi connectivity index (χ0) is 31.6. The highest BCUT2D eigenvalue weighted by Crippen LogP contribution is 2.71. The van der Waals surface area contributed by atoms with Crippen molar-refractivity contribution in [3.8, 4) is 0 Å². The third-order valence-corrected chi connectivity index (χ3v) is 9.50. The van der Waals surface area contributed by atoms with Gasteiger partial charge in [-0.05, 0) is 85.0 Å². The summed E-state index contributed by atoms with van der Waals surface area (Å²) in [6.45, 7) is 4.72. The number of piperazine rings is 1. The first-order valence-electron chi connectivity index (χ1n) is 14.0. The lowest BCUT2D eigenvalue weighted by Gasteiger charge is -2.46. The van der Waals surface area contributed by atoms with Gasteiger partial charge in [-0.3, -0.25) is 9.69 Å². The molecule has 2 amide bonds. The monoisotopic (exact) mass is 615 g/mol. The number of fused-ring (bicyclic) bond motifs is 1. The first kappa shape index (κ1) is 31.1. The number of rotatable bonds is 6. The van der Waals surface area contributed by atoms with E-state index in [2.05, 4.69) is 4.90 Å². The molecule has 0 radical (unpaired) electrons. The van der Waals surface area contributed by atoms with Gasteiger partial charge >= 0.3 is 24.4 Å². The van der Waals surface area contributed by atoms with Crippen LogP contribution in [-0.2, 0) is 17.1 Å². The van der Waals surface area contributed by atoms with E-state index in [-0.39, 0.29) is 35.4 Å². The molecule has 5 rings (SSSR count). The number of nitrogens with zero attached hydrogens (tertiary/aromatic N) is 3. The number of alkyl halides is 6. The predicted molar refractivity (Wildman–Crippen MR) is 141 cm³/mol. The second kappa shape index (κ2) is 10.7. The molecule has 3 fully saturated rings. The largest absolute Gasteiger partial charge is 0.481 e.